The summed E-state index contributed by atoms with van der Waals surface area (Å²) in [6, 6.07) is -0.516. The zero-order valence-electron chi connectivity index (χ0n) is 11.9. The number of fused-ring (bicyclic) bond motifs is 3. The van der Waals surface area contributed by atoms with Crippen molar-refractivity contribution in [2.24, 2.45) is 5.92 Å². The third-order valence-corrected chi connectivity index (χ3v) is 4.29. The molecule has 0 saturated heterocycles. The van der Waals surface area contributed by atoms with Gasteiger partial charge in [-0.15, -0.1) is 0 Å². The highest BCUT2D eigenvalue weighted by Crippen LogP contribution is 2.40. The molecule has 0 saturated carbocycles. The number of carbonyl (C=O) groups is 2. The smallest absolute Gasteiger partial charge is 0.358 e. The van der Waals surface area contributed by atoms with Crippen LogP contribution in [0, 0.1) is 11.3 Å². The van der Waals surface area contributed by atoms with E-state index < -0.39 is 12.0 Å². The summed E-state index contributed by atoms with van der Waals surface area (Å²) in [7, 11) is 0. The van der Waals surface area contributed by atoms with Gasteiger partial charge in [0, 0.05) is 17.2 Å². The predicted octanol–water partition coefficient (Wildman–Crippen LogP) is -0.235. The molecule has 0 aromatic rings. The van der Waals surface area contributed by atoms with Gasteiger partial charge in [-0.1, -0.05) is 30.4 Å². The van der Waals surface area contributed by atoms with Crippen LogP contribution in [0.5, 0.6) is 0 Å². The molecule has 0 aliphatic heterocycles. The molecule has 4 rings (SSSR count). The van der Waals surface area contributed by atoms with Crippen molar-refractivity contribution in [3.63, 3.8) is 0 Å². The summed E-state index contributed by atoms with van der Waals surface area (Å²) in [5, 5.41) is 9.13. The Kier molecular flexibility index (Phi) is 3.59. The van der Waals surface area contributed by atoms with Crippen molar-refractivity contribution < 1.29 is 22.0 Å². The highest BCUT2D eigenvalue weighted by molar-refractivity contribution is 6.13. The van der Waals surface area contributed by atoms with Gasteiger partial charge < -0.3 is 12.4 Å². The molecule has 0 amide bonds. The van der Waals surface area contributed by atoms with Crippen LogP contribution in [-0.4, -0.2) is 17.6 Å². The summed E-state index contributed by atoms with van der Waals surface area (Å²) < 4.78 is 0. The zero-order chi connectivity index (χ0) is 15.3. The maximum atomic E-state index is 12.7. The van der Waals surface area contributed by atoms with Gasteiger partial charge in [0.1, 0.15) is 4.98 Å². The van der Waals surface area contributed by atoms with Crippen LogP contribution in [0.3, 0.4) is 0 Å². The molecule has 4 aliphatic rings. The maximum Gasteiger partial charge on any atom is 0.358 e. The first-order valence-electron chi connectivity index (χ1n) is 7.04. The molecular formula is C18H11ClN2O2. The summed E-state index contributed by atoms with van der Waals surface area (Å²) in [5.41, 5.74) is 3.49. The van der Waals surface area contributed by atoms with Crippen molar-refractivity contribution in [3.05, 3.63) is 87.5 Å². The Morgan fingerprint density at radius 1 is 1.04 bits per heavy atom. The lowest BCUT2D eigenvalue weighted by molar-refractivity contribution is -0.117. The number of rotatable bonds is 0. The van der Waals surface area contributed by atoms with Gasteiger partial charge in [-0.05, 0) is 29.4 Å². The van der Waals surface area contributed by atoms with Crippen molar-refractivity contribution in [1.29, 1.82) is 5.39 Å². The normalized spacial score (nSPS) is 27.0. The van der Waals surface area contributed by atoms with Gasteiger partial charge in [-0.2, -0.15) is 0 Å². The van der Waals surface area contributed by atoms with Gasteiger partial charge in [0.2, 0.25) is 5.39 Å². The minimum Gasteiger partial charge on any atom is -1.00 e. The molecule has 4 aliphatic carbocycles. The molecule has 0 N–H and O–H groups in total. The Balaban J connectivity index is 0.00000156. The minimum absolute atomic E-state index is 0. The zero-order valence-corrected chi connectivity index (χ0v) is 12.7. The first-order valence-corrected chi connectivity index (χ1v) is 7.04. The Bertz CT molecular complexity index is 888. The first-order chi connectivity index (χ1) is 10.7. The van der Waals surface area contributed by atoms with Crippen LogP contribution in [0.4, 0.5) is 0 Å². The quantitative estimate of drug-likeness (QED) is 0.579. The Morgan fingerprint density at radius 2 is 1.87 bits per heavy atom. The van der Waals surface area contributed by atoms with E-state index in [0.717, 1.165) is 11.1 Å². The fourth-order valence-corrected chi connectivity index (χ4v) is 3.21. The van der Waals surface area contributed by atoms with Crippen molar-refractivity contribution in [2.45, 2.75) is 6.04 Å². The number of Topliss-reactive ketones (excluding diaryl/α,β-unsaturated/α-hetero) is 1. The van der Waals surface area contributed by atoms with Crippen LogP contribution >= 0.6 is 0 Å². The Hall–Kier alpha value is -2.77. The SMILES string of the molecule is N#[N+]C1C=CC=C2C(=O)C3C=C4C(=O)C=CC=C4C=C3C=C21.[Cl-]. The summed E-state index contributed by atoms with van der Waals surface area (Å²) >= 11 is 0. The number of halogens is 1. The van der Waals surface area contributed by atoms with Crippen LogP contribution in [0.1, 0.15) is 0 Å². The fourth-order valence-electron chi connectivity index (χ4n) is 3.21. The number of diazo groups is 1. The molecule has 0 aromatic heterocycles. The summed E-state index contributed by atoms with van der Waals surface area (Å²) in [6.45, 7) is 0. The molecule has 2 unspecified atom stereocenters. The second-order valence-electron chi connectivity index (χ2n) is 5.54. The third kappa shape index (κ3) is 2.18. The van der Waals surface area contributed by atoms with E-state index >= 15 is 0 Å². The summed E-state index contributed by atoms with van der Waals surface area (Å²) in [4.78, 5) is 28.0. The molecule has 0 fully saturated rings. The van der Waals surface area contributed by atoms with E-state index in [1.165, 1.54) is 6.08 Å². The molecule has 0 radical (unpaired) electrons. The van der Waals surface area contributed by atoms with Gasteiger partial charge >= 0.3 is 6.04 Å². The number of hydrogen-bond donors (Lipinski definition) is 0. The molecule has 112 valence electrons. The van der Waals surface area contributed by atoms with E-state index in [4.69, 9.17) is 5.39 Å². The summed E-state index contributed by atoms with van der Waals surface area (Å²) in [5.74, 6) is -0.574. The van der Waals surface area contributed by atoms with E-state index in [0.29, 0.717) is 16.7 Å². The van der Waals surface area contributed by atoms with E-state index in [2.05, 4.69) is 4.98 Å². The average molecular weight is 323 g/mol. The van der Waals surface area contributed by atoms with Gasteiger partial charge in [-0.3, -0.25) is 9.59 Å². The van der Waals surface area contributed by atoms with Crippen LogP contribution in [-0.2, 0) is 9.59 Å². The van der Waals surface area contributed by atoms with Gasteiger partial charge in [0.25, 0.3) is 0 Å². The van der Waals surface area contributed by atoms with Crippen LogP contribution < -0.4 is 12.4 Å². The highest BCUT2D eigenvalue weighted by atomic mass is 35.5. The van der Waals surface area contributed by atoms with Crippen LogP contribution in [0.25, 0.3) is 4.98 Å². The maximum absolute atomic E-state index is 12.7. The second kappa shape index (κ2) is 5.45. The molecule has 2 atom stereocenters. The minimum atomic E-state index is -0.516. The second-order valence-corrected chi connectivity index (χ2v) is 5.54. The number of hydrogen-bond acceptors (Lipinski definition) is 3. The largest absolute Gasteiger partial charge is 1.00 e. The Morgan fingerprint density at radius 3 is 2.65 bits per heavy atom. The van der Waals surface area contributed by atoms with Crippen molar-refractivity contribution >= 4 is 11.6 Å². The van der Waals surface area contributed by atoms with Gasteiger partial charge in [-0.25, -0.2) is 0 Å². The van der Waals surface area contributed by atoms with Crippen LogP contribution in [0.15, 0.2) is 82.5 Å². The first kappa shape index (κ1) is 15.1. The molecular weight excluding hydrogens is 312 g/mol. The molecule has 0 aromatic carbocycles. The molecule has 4 nitrogen and oxygen atoms in total. The van der Waals surface area contributed by atoms with Crippen molar-refractivity contribution in [3.8, 4) is 0 Å². The monoisotopic (exact) mass is 322 g/mol. The molecule has 0 bridgehead atoms. The van der Waals surface area contributed by atoms with E-state index in [1.54, 1.807) is 30.4 Å². The number of nitrogens with zero attached hydrogens (tertiary/aromatic N) is 2. The third-order valence-electron chi connectivity index (χ3n) is 4.29. The van der Waals surface area contributed by atoms with Crippen molar-refractivity contribution in [2.75, 3.05) is 0 Å². The Labute approximate surface area is 139 Å². The predicted molar refractivity (Wildman–Crippen MR) is 81.1 cm³/mol. The van der Waals surface area contributed by atoms with E-state index in [-0.39, 0.29) is 24.0 Å². The fraction of sp³-hybridized carbons (Fsp3) is 0.111. The lowest BCUT2D eigenvalue weighted by Crippen LogP contribution is -3.00. The molecule has 5 heteroatoms. The number of allylic oxidation sites excluding steroid dienone is 11. The van der Waals surface area contributed by atoms with Gasteiger partial charge in [0.15, 0.2) is 11.6 Å². The van der Waals surface area contributed by atoms with Crippen LogP contribution in [0.2, 0.25) is 0 Å². The molecule has 23 heavy (non-hydrogen) atoms. The molecule has 0 spiro atoms. The summed E-state index contributed by atoms with van der Waals surface area (Å²) in [6.07, 6.45) is 15.8. The number of carbonyl (C=O) groups excluding carboxylic acids is 2. The molecule has 0 heterocycles. The van der Waals surface area contributed by atoms with E-state index in [1.807, 2.05) is 18.2 Å². The average Bonchev–Trinajstić information content (AvgIpc) is 2.54. The lowest BCUT2D eigenvalue weighted by atomic mass is 9.72. The highest BCUT2D eigenvalue weighted by Gasteiger charge is 2.40. The van der Waals surface area contributed by atoms with E-state index in [9.17, 15) is 9.59 Å². The van der Waals surface area contributed by atoms with Gasteiger partial charge in [0.05, 0.1) is 11.5 Å². The number of ketones is 2. The van der Waals surface area contributed by atoms with Crippen molar-refractivity contribution in [1.82, 2.24) is 0 Å². The topological polar surface area (TPSA) is 62.3 Å². The lowest BCUT2D eigenvalue weighted by Gasteiger charge is -2.28. The standard InChI is InChI=1S/C18H11N2O2.ClH/c19-20-16-5-2-4-12-15(16)8-11-7-10-3-1-6-17(21)13(10)9-14(11)18(12)22;/h1-9,14,16H;1H/q+1;/p-1.